The molecule has 1 aromatic carbocycles. The Hall–Kier alpha value is -1.68. The van der Waals surface area contributed by atoms with Gasteiger partial charge in [0.05, 0.1) is 19.8 Å². The van der Waals surface area contributed by atoms with E-state index in [-0.39, 0.29) is 10.8 Å². The molecule has 0 radical (unpaired) electrons. The predicted octanol–water partition coefficient (Wildman–Crippen LogP) is 1.32. The molecule has 2 fully saturated rings. The highest BCUT2D eigenvalue weighted by molar-refractivity contribution is 7.89. The third kappa shape index (κ3) is 5.69. The van der Waals surface area contributed by atoms with Crippen LogP contribution < -0.4 is 10.1 Å². The Morgan fingerprint density at radius 1 is 1.17 bits per heavy atom. The lowest BCUT2D eigenvalue weighted by molar-refractivity contribution is 0.0374. The van der Waals surface area contributed by atoms with Crippen molar-refractivity contribution < 1.29 is 22.7 Å². The van der Waals surface area contributed by atoms with Crippen molar-refractivity contribution >= 4 is 15.9 Å². The molecule has 1 amide bonds. The minimum Gasteiger partial charge on any atom is -0.492 e. The lowest BCUT2D eigenvalue weighted by Gasteiger charge is -2.26. The zero-order chi connectivity index (χ0) is 20.7. The molecule has 1 aromatic rings. The average molecular weight is 426 g/mol. The first-order chi connectivity index (χ1) is 14.0. The van der Waals surface area contributed by atoms with Crippen LogP contribution in [-0.2, 0) is 14.8 Å². The number of rotatable bonds is 9. The van der Waals surface area contributed by atoms with Crippen molar-refractivity contribution in [1.82, 2.24) is 14.5 Å². The van der Waals surface area contributed by atoms with Crippen molar-refractivity contribution in [2.24, 2.45) is 0 Å². The standard InChI is InChI=1S/C20H31N3O5S/c1-2-28-18-7-6-17(16-19(18)29(25,26)23-10-3-4-11-23)20(24)21-8-5-9-22-12-14-27-15-13-22/h6-7,16H,2-5,8-15H2,1H3,(H,21,24). The van der Waals surface area contributed by atoms with Gasteiger partial charge in [0.25, 0.3) is 5.91 Å². The summed E-state index contributed by atoms with van der Waals surface area (Å²) in [6, 6.07) is 4.64. The summed E-state index contributed by atoms with van der Waals surface area (Å²) in [5.74, 6) is 0.0242. The second-order valence-corrected chi connectivity index (χ2v) is 9.18. The van der Waals surface area contributed by atoms with Crippen LogP contribution in [0.3, 0.4) is 0 Å². The van der Waals surface area contributed by atoms with E-state index < -0.39 is 10.0 Å². The van der Waals surface area contributed by atoms with Crippen LogP contribution in [0, 0.1) is 0 Å². The molecule has 2 aliphatic rings. The van der Waals surface area contributed by atoms with Gasteiger partial charge in [-0.1, -0.05) is 0 Å². The highest BCUT2D eigenvalue weighted by atomic mass is 32.2. The minimum absolute atomic E-state index is 0.0715. The quantitative estimate of drug-likeness (QED) is 0.601. The van der Waals surface area contributed by atoms with Gasteiger partial charge >= 0.3 is 0 Å². The van der Waals surface area contributed by atoms with E-state index in [0.717, 1.165) is 52.1 Å². The Bertz CT molecular complexity index is 787. The van der Waals surface area contributed by atoms with Crippen LogP contribution in [0.1, 0.15) is 36.5 Å². The van der Waals surface area contributed by atoms with Crippen molar-refractivity contribution in [1.29, 1.82) is 0 Å². The summed E-state index contributed by atoms with van der Waals surface area (Å²) in [4.78, 5) is 15.0. The molecule has 0 atom stereocenters. The Balaban J connectivity index is 1.64. The van der Waals surface area contributed by atoms with Gasteiger partial charge in [-0.05, 0) is 50.9 Å². The molecule has 2 heterocycles. The molecule has 162 valence electrons. The third-order valence-electron chi connectivity index (χ3n) is 5.23. The van der Waals surface area contributed by atoms with E-state index in [4.69, 9.17) is 9.47 Å². The summed E-state index contributed by atoms with van der Waals surface area (Å²) >= 11 is 0. The van der Waals surface area contributed by atoms with Gasteiger partial charge in [0.2, 0.25) is 10.0 Å². The topological polar surface area (TPSA) is 88.2 Å². The Kier molecular flexibility index (Phi) is 7.88. The van der Waals surface area contributed by atoms with Crippen LogP contribution in [0.2, 0.25) is 0 Å². The largest absolute Gasteiger partial charge is 0.492 e. The summed E-state index contributed by atoms with van der Waals surface area (Å²) in [6.07, 6.45) is 2.54. The van der Waals surface area contributed by atoms with E-state index in [1.807, 2.05) is 0 Å². The van der Waals surface area contributed by atoms with Gasteiger partial charge < -0.3 is 14.8 Å². The fourth-order valence-electron chi connectivity index (χ4n) is 3.62. The van der Waals surface area contributed by atoms with E-state index in [9.17, 15) is 13.2 Å². The first-order valence-corrected chi connectivity index (χ1v) is 11.8. The Morgan fingerprint density at radius 2 is 1.90 bits per heavy atom. The average Bonchev–Trinajstić information content (AvgIpc) is 3.28. The minimum atomic E-state index is -3.68. The number of carbonyl (C=O) groups excluding carboxylic acids is 1. The van der Waals surface area contributed by atoms with E-state index >= 15 is 0 Å². The van der Waals surface area contributed by atoms with E-state index in [0.29, 0.717) is 37.6 Å². The normalized spacial score (nSPS) is 18.7. The molecule has 3 rings (SSSR count). The third-order valence-corrected chi connectivity index (χ3v) is 7.15. The monoisotopic (exact) mass is 425 g/mol. The second kappa shape index (κ2) is 10.4. The highest BCUT2D eigenvalue weighted by Crippen LogP contribution is 2.30. The van der Waals surface area contributed by atoms with Crippen LogP contribution in [0.5, 0.6) is 5.75 Å². The molecule has 0 bridgehead atoms. The maximum Gasteiger partial charge on any atom is 0.251 e. The number of hydrogen-bond acceptors (Lipinski definition) is 6. The molecule has 2 saturated heterocycles. The zero-order valence-electron chi connectivity index (χ0n) is 17.1. The van der Waals surface area contributed by atoms with Gasteiger partial charge in [0.15, 0.2) is 0 Å². The number of hydrogen-bond donors (Lipinski definition) is 1. The number of sulfonamides is 1. The molecular weight excluding hydrogens is 394 g/mol. The van der Waals surface area contributed by atoms with Crippen LogP contribution >= 0.6 is 0 Å². The van der Waals surface area contributed by atoms with Crippen molar-refractivity contribution in [3.63, 3.8) is 0 Å². The molecule has 0 unspecified atom stereocenters. The molecular formula is C20H31N3O5S. The molecule has 8 nitrogen and oxygen atoms in total. The fourth-order valence-corrected chi connectivity index (χ4v) is 5.30. The van der Waals surface area contributed by atoms with Gasteiger partial charge in [-0.3, -0.25) is 9.69 Å². The molecule has 2 aliphatic heterocycles. The first-order valence-electron chi connectivity index (χ1n) is 10.4. The Morgan fingerprint density at radius 3 is 2.59 bits per heavy atom. The number of benzene rings is 1. The van der Waals surface area contributed by atoms with Crippen LogP contribution in [-0.4, -0.2) is 82.6 Å². The van der Waals surface area contributed by atoms with Crippen molar-refractivity contribution in [3.05, 3.63) is 23.8 Å². The van der Waals surface area contributed by atoms with E-state index in [1.54, 1.807) is 19.1 Å². The van der Waals surface area contributed by atoms with Crippen molar-refractivity contribution in [3.8, 4) is 5.75 Å². The number of nitrogens with one attached hydrogen (secondary N) is 1. The van der Waals surface area contributed by atoms with Crippen LogP contribution in [0.15, 0.2) is 23.1 Å². The van der Waals surface area contributed by atoms with Gasteiger partial charge in [-0.25, -0.2) is 8.42 Å². The number of amides is 1. The van der Waals surface area contributed by atoms with Crippen LogP contribution in [0.4, 0.5) is 0 Å². The van der Waals surface area contributed by atoms with Gasteiger partial charge in [0, 0.05) is 38.3 Å². The SMILES string of the molecule is CCOc1ccc(C(=O)NCCCN2CCOCC2)cc1S(=O)(=O)N1CCCC1. The summed E-state index contributed by atoms with van der Waals surface area (Å²) in [6.45, 7) is 7.97. The zero-order valence-corrected chi connectivity index (χ0v) is 17.9. The van der Waals surface area contributed by atoms with E-state index in [1.165, 1.54) is 10.4 Å². The molecule has 0 aromatic heterocycles. The maximum atomic E-state index is 13.0. The summed E-state index contributed by atoms with van der Waals surface area (Å²) < 4.78 is 38.4. The maximum absolute atomic E-state index is 13.0. The van der Waals surface area contributed by atoms with Crippen molar-refractivity contribution in [2.45, 2.75) is 31.1 Å². The lowest BCUT2D eigenvalue weighted by Crippen LogP contribution is -2.38. The molecule has 29 heavy (non-hydrogen) atoms. The number of morpholine rings is 1. The number of nitrogens with zero attached hydrogens (tertiary/aromatic N) is 2. The van der Waals surface area contributed by atoms with Gasteiger partial charge in [-0.15, -0.1) is 0 Å². The van der Waals surface area contributed by atoms with Crippen LogP contribution in [0.25, 0.3) is 0 Å². The fraction of sp³-hybridized carbons (Fsp3) is 0.650. The lowest BCUT2D eigenvalue weighted by atomic mass is 10.2. The second-order valence-electron chi connectivity index (χ2n) is 7.27. The summed E-state index contributed by atoms with van der Waals surface area (Å²) in [7, 11) is -3.68. The predicted molar refractivity (Wildman–Crippen MR) is 110 cm³/mol. The molecule has 1 N–H and O–H groups in total. The summed E-state index contributed by atoms with van der Waals surface area (Å²) in [5.41, 5.74) is 0.331. The van der Waals surface area contributed by atoms with Crippen molar-refractivity contribution in [2.75, 3.05) is 59.1 Å². The number of ether oxygens (including phenoxy) is 2. The molecule has 0 aliphatic carbocycles. The number of carbonyl (C=O) groups is 1. The first kappa shape index (κ1) is 22.0. The molecule has 0 spiro atoms. The van der Waals surface area contributed by atoms with Gasteiger partial charge in [-0.2, -0.15) is 4.31 Å². The molecule has 9 heteroatoms. The van der Waals surface area contributed by atoms with E-state index in [2.05, 4.69) is 10.2 Å². The molecule has 0 saturated carbocycles. The highest BCUT2D eigenvalue weighted by Gasteiger charge is 2.30. The smallest absolute Gasteiger partial charge is 0.251 e. The van der Waals surface area contributed by atoms with Gasteiger partial charge in [0.1, 0.15) is 10.6 Å². The summed E-state index contributed by atoms with van der Waals surface area (Å²) in [5, 5.41) is 2.89. The Labute approximate surface area is 173 Å².